The fourth-order valence-corrected chi connectivity index (χ4v) is 1.48. The smallest absolute Gasteiger partial charge is 0.0840 e. The summed E-state index contributed by atoms with van der Waals surface area (Å²) in [5, 5.41) is 10.2. The van der Waals surface area contributed by atoms with Gasteiger partial charge in [0.2, 0.25) is 0 Å². The molecule has 0 bridgehead atoms. The van der Waals surface area contributed by atoms with E-state index in [1.807, 2.05) is 12.1 Å². The Balaban J connectivity index is 2.94. The first-order valence-corrected chi connectivity index (χ1v) is 5.22. The monoisotopic (exact) mass is 192 g/mol. The first-order chi connectivity index (χ1) is 6.47. The second kappa shape index (κ2) is 4.14. The number of hydrogen-bond donors (Lipinski definition) is 1. The van der Waals surface area contributed by atoms with E-state index in [4.69, 9.17) is 0 Å². The Morgan fingerprint density at radius 1 is 1.36 bits per heavy atom. The minimum absolute atomic E-state index is 0.0478. The summed E-state index contributed by atoms with van der Waals surface area (Å²) < 4.78 is 0. The van der Waals surface area contributed by atoms with E-state index in [9.17, 15) is 5.11 Å². The maximum Gasteiger partial charge on any atom is 0.0840 e. The molecule has 0 saturated heterocycles. The average Bonchev–Trinajstić information content (AvgIpc) is 2.16. The highest BCUT2D eigenvalue weighted by molar-refractivity contribution is 5.25. The van der Waals surface area contributed by atoms with Crippen LogP contribution in [0, 0.1) is 12.3 Å². The Labute approximate surface area is 86.8 Å². The Kier molecular flexibility index (Phi) is 3.33. The van der Waals surface area contributed by atoms with E-state index in [1.165, 1.54) is 5.56 Å². The number of rotatable bonds is 3. The summed E-state index contributed by atoms with van der Waals surface area (Å²) in [5.74, 6) is 0. The van der Waals surface area contributed by atoms with E-state index >= 15 is 0 Å². The first kappa shape index (κ1) is 11.3. The summed E-state index contributed by atoms with van der Waals surface area (Å²) in [7, 11) is 0. The molecular formula is C13H20O. The number of benzene rings is 1. The Hall–Kier alpha value is -0.820. The molecule has 1 atom stereocenters. The molecule has 78 valence electrons. The molecule has 0 amide bonds. The van der Waals surface area contributed by atoms with E-state index in [-0.39, 0.29) is 11.5 Å². The minimum Gasteiger partial charge on any atom is -0.388 e. The largest absolute Gasteiger partial charge is 0.388 e. The van der Waals surface area contributed by atoms with Crippen molar-refractivity contribution in [3.05, 3.63) is 35.4 Å². The van der Waals surface area contributed by atoms with E-state index < -0.39 is 0 Å². The van der Waals surface area contributed by atoms with Gasteiger partial charge in [-0.25, -0.2) is 0 Å². The second-order valence-corrected chi connectivity index (χ2v) is 4.66. The summed E-state index contributed by atoms with van der Waals surface area (Å²) in [6.07, 6.45) is 0.606. The Bertz CT molecular complexity index is 302. The molecular weight excluding hydrogens is 172 g/mol. The molecule has 0 fully saturated rings. The van der Waals surface area contributed by atoms with Crippen molar-refractivity contribution in [2.24, 2.45) is 5.41 Å². The minimum atomic E-state index is -0.368. The van der Waals surface area contributed by atoms with Crippen LogP contribution in [0.3, 0.4) is 0 Å². The molecule has 0 saturated carbocycles. The van der Waals surface area contributed by atoms with Gasteiger partial charge in [0.25, 0.3) is 0 Å². The van der Waals surface area contributed by atoms with Crippen LogP contribution in [-0.4, -0.2) is 5.11 Å². The third-order valence-corrected chi connectivity index (χ3v) is 3.01. The Morgan fingerprint density at radius 3 is 2.50 bits per heavy atom. The normalized spacial score (nSPS) is 14.1. The predicted octanol–water partition coefficient (Wildman–Crippen LogP) is 3.46. The molecule has 1 rings (SSSR count). The van der Waals surface area contributed by atoms with Gasteiger partial charge in [0, 0.05) is 0 Å². The van der Waals surface area contributed by atoms with Gasteiger partial charge in [0.15, 0.2) is 0 Å². The molecule has 0 aromatic heterocycles. The lowest BCUT2D eigenvalue weighted by atomic mass is 9.80. The fourth-order valence-electron chi connectivity index (χ4n) is 1.48. The summed E-state index contributed by atoms with van der Waals surface area (Å²) in [6, 6.07) is 8.10. The number of aliphatic hydroxyl groups excluding tert-OH is 1. The molecule has 0 radical (unpaired) electrons. The summed E-state index contributed by atoms with van der Waals surface area (Å²) in [4.78, 5) is 0. The van der Waals surface area contributed by atoms with Gasteiger partial charge < -0.3 is 5.11 Å². The molecule has 0 aliphatic rings. The van der Waals surface area contributed by atoms with Crippen LogP contribution in [-0.2, 0) is 0 Å². The van der Waals surface area contributed by atoms with Crippen molar-refractivity contribution in [2.45, 2.75) is 40.2 Å². The quantitative estimate of drug-likeness (QED) is 0.777. The maximum absolute atomic E-state index is 10.2. The molecule has 0 spiro atoms. The van der Waals surface area contributed by atoms with Crippen LogP contribution < -0.4 is 0 Å². The highest BCUT2D eigenvalue weighted by Gasteiger charge is 2.26. The third-order valence-electron chi connectivity index (χ3n) is 3.01. The molecule has 1 heteroatoms. The van der Waals surface area contributed by atoms with Gasteiger partial charge >= 0.3 is 0 Å². The van der Waals surface area contributed by atoms with Crippen LogP contribution in [0.2, 0.25) is 0 Å². The zero-order valence-electron chi connectivity index (χ0n) is 9.54. The van der Waals surface area contributed by atoms with Gasteiger partial charge in [-0.05, 0) is 24.3 Å². The summed E-state index contributed by atoms with van der Waals surface area (Å²) in [6.45, 7) is 8.36. The van der Waals surface area contributed by atoms with Crippen molar-refractivity contribution in [3.8, 4) is 0 Å². The lowest BCUT2D eigenvalue weighted by Crippen LogP contribution is -2.20. The van der Waals surface area contributed by atoms with Crippen molar-refractivity contribution in [2.75, 3.05) is 0 Å². The fraction of sp³-hybridized carbons (Fsp3) is 0.538. The van der Waals surface area contributed by atoms with Gasteiger partial charge in [0.1, 0.15) is 0 Å². The van der Waals surface area contributed by atoms with E-state index in [0.29, 0.717) is 0 Å². The summed E-state index contributed by atoms with van der Waals surface area (Å²) in [5.41, 5.74) is 2.18. The molecule has 1 unspecified atom stereocenters. The van der Waals surface area contributed by atoms with Crippen molar-refractivity contribution in [1.29, 1.82) is 0 Å². The maximum atomic E-state index is 10.2. The average molecular weight is 192 g/mol. The standard InChI is InChI=1S/C13H20O/c1-5-13(3,4)12(14)11-8-6-7-10(2)9-11/h6-9,12,14H,5H2,1-4H3. The van der Waals surface area contributed by atoms with Crippen LogP contribution in [0.25, 0.3) is 0 Å². The molecule has 1 aromatic carbocycles. The van der Waals surface area contributed by atoms with Gasteiger partial charge in [0.05, 0.1) is 6.10 Å². The SMILES string of the molecule is CCC(C)(C)C(O)c1cccc(C)c1. The Morgan fingerprint density at radius 2 is 2.00 bits per heavy atom. The van der Waals surface area contributed by atoms with Crippen LogP contribution >= 0.6 is 0 Å². The van der Waals surface area contributed by atoms with Crippen molar-refractivity contribution in [1.82, 2.24) is 0 Å². The highest BCUT2D eigenvalue weighted by Crippen LogP contribution is 2.36. The molecule has 1 nitrogen and oxygen atoms in total. The van der Waals surface area contributed by atoms with Crippen LogP contribution in [0.4, 0.5) is 0 Å². The van der Waals surface area contributed by atoms with Crippen molar-refractivity contribution >= 4 is 0 Å². The highest BCUT2D eigenvalue weighted by atomic mass is 16.3. The predicted molar refractivity (Wildman–Crippen MR) is 60.2 cm³/mol. The number of aliphatic hydroxyl groups is 1. The first-order valence-electron chi connectivity index (χ1n) is 5.22. The topological polar surface area (TPSA) is 20.2 Å². The van der Waals surface area contributed by atoms with Gasteiger partial charge in [-0.1, -0.05) is 50.6 Å². The van der Waals surface area contributed by atoms with Crippen molar-refractivity contribution < 1.29 is 5.11 Å². The van der Waals surface area contributed by atoms with Crippen LogP contribution in [0.15, 0.2) is 24.3 Å². The van der Waals surface area contributed by atoms with E-state index in [0.717, 1.165) is 12.0 Å². The third kappa shape index (κ3) is 2.36. The molecule has 0 aliphatic heterocycles. The molecule has 1 aromatic rings. The zero-order valence-corrected chi connectivity index (χ0v) is 9.54. The molecule has 1 N–H and O–H groups in total. The number of hydrogen-bond acceptors (Lipinski definition) is 1. The molecule has 14 heavy (non-hydrogen) atoms. The molecule has 0 heterocycles. The zero-order chi connectivity index (χ0) is 10.8. The van der Waals surface area contributed by atoms with Gasteiger partial charge in [-0.2, -0.15) is 0 Å². The van der Waals surface area contributed by atoms with E-state index in [2.05, 4.69) is 39.8 Å². The number of aryl methyl sites for hydroxylation is 1. The van der Waals surface area contributed by atoms with Gasteiger partial charge in [-0.3, -0.25) is 0 Å². The summed E-state index contributed by atoms with van der Waals surface area (Å²) >= 11 is 0. The van der Waals surface area contributed by atoms with Crippen molar-refractivity contribution in [3.63, 3.8) is 0 Å². The van der Waals surface area contributed by atoms with Crippen LogP contribution in [0.5, 0.6) is 0 Å². The van der Waals surface area contributed by atoms with Gasteiger partial charge in [-0.15, -0.1) is 0 Å². The van der Waals surface area contributed by atoms with Crippen LogP contribution in [0.1, 0.15) is 44.4 Å². The lowest BCUT2D eigenvalue weighted by Gasteiger charge is -2.29. The van der Waals surface area contributed by atoms with E-state index in [1.54, 1.807) is 0 Å². The lowest BCUT2D eigenvalue weighted by molar-refractivity contribution is 0.0465. The molecule has 0 aliphatic carbocycles. The second-order valence-electron chi connectivity index (χ2n) is 4.66.